The molecule has 24 heavy (non-hydrogen) atoms. The van der Waals surface area contributed by atoms with E-state index >= 15 is 0 Å². The van der Waals surface area contributed by atoms with Crippen molar-refractivity contribution < 1.29 is 18.0 Å². The monoisotopic (exact) mass is 337 g/mol. The van der Waals surface area contributed by atoms with Gasteiger partial charge in [-0.3, -0.25) is 4.79 Å². The molecule has 2 heterocycles. The van der Waals surface area contributed by atoms with E-state index in [4.69, 9.17) is 0 Å². The highest BCUT2D eigenvalue weighted by Gasteiger charge is 2.43. The van der Waals surface area contributed by atoms with E-state index in [1.165, 1.54) is 6.20 Å². The maximum atomic E-state index is 13.0. The van der Waals surface area contributed by atoms with E-state index in [0.717, 1.165) is 17.5 Å². The Morgan fingerprint density at radius 3 is 2.42 bits per heavy atom. The number of nitrogens with zero attached hydrogens (tertiary/aromatic N) is 5. The van der Waals surface area contributed by atoms with Gasteiger partial charge in [-0.2, -0.15) is 17.9 Å². The first-order valence-corrected chi connectivity index (χ1v) is 7.38. The van der Waals surface area contributed by atoms with Crippen molar-refractivity contribution in [3.05, 3.63) is 42.4 Å². The van der Waals surface area contributed by atoms with Gasteiger partial charge in [-0.25, -0.2) is 0 Å². The second-order valence-corrected chi connectivity index (χ2v) is 5.36. The van der Waals surface area contributed by atoms with E-state index in [0.29, 0.717) is 18.8 Å². The van der Waals surface area contributed by atoms with Crippen LogP contribution < -0.4 is 0 Å². The van der Waals surface area contributed by atoms with Crippen LogP contribution in [0.5, 0.6) is 0 Å². The van der Waals surface area contributed by atoms with Crippen LogP contribution in [0.1, 0.15) is 18.7 Å². The number of para-hydroxylation sites is 1. The van der Waals surface area contributed by atoms with Crippen molar-refractivity contribution in [1.29, 1.82) is 0 Å². The summed E-state index contributed by atoms with van der Waals surface area (Å²) in [6.45, 7) is 1.20. The van der Waals surface area contributed by atoms with E-state index in [1.807, 2.05) is 0 Å². The Morgan fingerprint density at radius 1 is 1.12 bits per heavy atom. The molecule has 0 unspecified atom stereocenters. The molecule has 0 bridgehead atoms. The summed E-state index contributed by atoms with van der Waals surface area (Å²) in [5, 5.41) is 10.8. The van der Waals surface area contributed by atoms with Crippen LogP contribution in [0.3, 0.4) is 0 Å². The number of allylic oxidation sites excluding steroid dienone is 1. The molecule has 9 heteroatoms. The van der Waals surface area contributed by atoms with Crippen molar-refractivity contribution >= 4 is 11.4 Å². The molecule has 3 rings (SSSR count). The lowest BCUT2D eigenvalue weighted by Crippen LogP contribution is -2.27. The van der Waals surface area contributed by atoms with Gasteiger partial charge in [0.1, 0.15) is 0 Å². The zero-order chi connectivity index (χ0) is 17.2. The number of hydrogen-bond acceptors (Lipinski definition) is 5. The van der Waals surface area contributed by atoms with Crippen molar-refractivity contribution in [1.82, 2.24) is 25.1 Å². The molecule has 1 aromatic heterocycles. The van der Waals surface area contributed by atoms with Gasteiger partial charge in [0.05, 0.1) is 11.3 Å². The highest BCUT2D eigenvalue weighted by atomic mass is 19.4. The van der Waals surface area contributed by atoms with Crippen LogP contribution in [-0.2, 0) is 4.79 Å². The molecule has 1 saturated heterocycles. The summed E-state index contributed by atoms with van der Waals surface area (Å²) < 4.78 is 40.2. The first-order valence-electron chi connectivity index (χ1n) is 7.38. The van der Waals surface area contributed by atoms with Crippen LogP contribution in [0.2, 0.25) is 0 Å². The Morgan fingerprint density at radius 2 is 1.79 bits per heavy atom. The molecule has 0 atom stereocenters. The maximum absolute atomic E-state index is 13.0. The Kier molecular flexibility index (Phi) is 4.32. The minimum absolute atomic E-state index is 0.226. The number of likely N-dealkylation sites (tertiary alicyclic amines) is 1. The largest absolute Gasteiger partial charge is 0.455 e. The average Bonchev–Trinajstić information content (AvgIpc) is 3.23. The van der Waals surface area contributed by atoms with Crippen LogP contribution in [0.15, 0.2) is 36.5 Å². The van der Waals surface area contributed by atoms with Gasteiger partial charge in [0.2, 0.25) is 0 Å². The molecule has 2 aromatic rings. The van der Waals surface area contributed by atoms with Gasteiger partial charge in [0, 0.05) is 19.3 Å². The van der Waals surface area contributed by atoms with Crippen molar-refractivity contribution in [2.75, 3.05) is 13.1 Å². The standard InChI is InChI=1S/C15H14F3N5O/c16-15(17,18)13(24)12(10-22-8-4-5-9-22)14-19-20-21-23(14)11-6-2-1-3-7-11/h1-3,6-7,10H,4-5,8-9H2. The third-order valence-corrected chi connectivity index (χ3v) is 3.67. The Hall–Kier alpha value is -2.71. The molecule has 0 aliphatic carbocycles. The molecule has 126 valence electrons. The molecule has 6 nitrogen and oxygen atoms in total. The highest BCUT2D eigenvalue weighted by molar-refractivity contribution is 6.22. The highest BCUT2D eigenvalue weighted by Crippen LogP contribution is 2.27. The molecule has 1 aromatic carbocycles. The molecule has 0 saturated carbocycles. The maximum Gasteiger partial charge on any atom is 0.455 e. The second-order valence-electron chi connectivity index (χ2n) is 5.36. The molecule has 0 radical (unpaired) electrons. The van der Waals surface area contributed by atoms with Crippen molar-refractivity contribution in [2.45, 2.75) is 19.0 Å². The Bertz CT molecular complexity index is 748. The summed E-state index contributed by atoms with van der Waals surface area (Å²) in [4.78, 5) is 13.6. The van der Waals surface area contributed by atoms with Gasteiger partial charge in [0.25, 0.3) is 5.78 Å². The number of Topliss-reactive ketones (excluding diaryl/α,β-unsaturated/α-hetero) is 1. The van der Waals surface area contributed by atoms with Gasteiger partial charge in [0.15, 0.2) is 5.82 Å². The number of ketones is 1. The zero-order valence-corrected chi connectivity index (χ0v) is 12.6. The van der Waals surface area contributed by atoms with E-state index in [1.54, 1.807) is 35.2 Å². The molecule has 1 fully saturated rings. The van der Waals surface area contributed by atoms with E-state index in [-0.39, 0.29) is 5.82 Å². The number of rotatable bonds is 4. The molecular formula is C15H14F3N5O. The van der Waals surface area contributed by atoms with Gasteiger partial charge in [-0.1, -0.05) is 18.2 Å². The summed E-state index contributed by atoms with van der Waals surface area (Å²) in [7, 11) is 0. The third kappa shape index (κ3) is 3.29. The topological polar surface area (TPSA) is 63.9 Å². The lowest BCUT2D eigenvalue weighted by Gasteiger charge is -2.15. The summed E-state index contributed by atoms with van der Waals surface area (Å²) in [5.41, 5.74) is -0.0851. The van der Waals surface area contributed by atoms with Gasteiger partial charge >= 0.3 is 6.18 Å². The minimum atomic E-state index is -5.00. The molecular weight excluding hydrogens is 323 g/mol. The lowest BCUT2D eigenvalue weighted by molar-refractivity contribution is -0.164. The minimum Gasteiger partial charge on any atom is -0.377 e. The average molecular weight is 337 g/mol. The summed E-state index contributed by atoms with van der Waals surface area (Å²) in [6, 6.07) is 8.46. The van der Waals surface area contributed by atoms with Crippen molar-refractivity contribution in [3.8, 4) is 5.69 Å². The van der Waals surface area contributed by atoms with Crippen LogP contribution in [0.4, 0.5) is 13.2 Å². The number of hydrogen-bond donors (Lipinski definition) is 0. The SMILES string of the molecule is O=C(C(=CN1CCCC1)c1nnnn1-c1ccccc1)C(F)(F)F. The normalized spacial score (nSPS) is 15.8. The second kappa shape index (κ2) is 6.42. The zero-order valence-electron chi connectivity index (χ0n) is 12.6. The van der Waals surface area contributed by atoms with Gasteiger partial charge in [-0.05, 0) is 35.4 Å². The van der Waals surface area contributed by atoms with Gasteiger partial charge < -0.3 is 4.90 Å². The quantitative estimate of drug-likeness (QED) is 0.801. The van der Waals surface area contributed by atoms with Crippen LogP contribution in [0.25, 0.3) is 11.3 Å². The molecule has 0 spiro atoms. The number of aromatic nitrogens is 4. The predicted molar refractivity (Wildman–Crippen MR) is 79.0 cm³/mol. The summed E-state index contributed by atoms with van der Waals surface area (Å²) >= 11 is 0. The number of carbonyl (C=O) groups excluding carboxylic acids is 1. The number of tetrazole rings is 1. The first kappa shape index (κ1) is 16.2. The fraction of sp³-hybridized carbons (Fsp3) is 0.333. The summed E-state index contributed by atoms with van der Waals surface area (Å²) in [5.74, 6) is -2.18. The number of carbonyl (C=O) groups is 1. The Balaban J connectivity index is 2.07. The molecule has 1 aliphatic rings. The number of alkyl halides is 3. The first-order chi connectivity index (χ1) is 11.5. The summed E-state index contributed by atoms with van der Waals surface area (Å²) in [6.07, 6.45) is -2.05. The Labute approximate surface area is 135 Å². The lowest BCUT2D eigenvalue weighted by atomic mass is 10.1. The fourth-order valence-corrected chi connectivity index (χ4v) is 2.52. The van der Waals surface area contributed by atoms with Crippen LogP contribution in [-0.4, -0.2) is 50.2 Å². The fourth-order valence-electron chi connectivity index (χ4n) is 2.52. The predicted octanol–water partition coefficient (Wildman–Crippen LogP) is 2.23. The van der Waals surface area contributed by atoms with Crippen LogP contribution >= 0.6 is 0 Å². The number of benzene rings is 1. The van der Waals surface area contributed by atoms with E-state index < -0.39 is 17.5 Å². The number of halogens is 3. The van der Waals surface area contributed by atoms with Crippen LogP contribution in [0, 0.1) is 0 Å². The molecule has 0 N–H and O–H groups in total. The van der Waals surface area contributed by atoms with E-state index in [9.17, 15) is 18.0 Å². The molecule has 0 amide bonds. The third-order valence-electron chi connectivity index (χ3n) is 3.67. The smallest absolute Gasteiger partial charge is 0.377 e. The van der Waals surface area contributed by atoms with Crippen molar-refractivity contribution in [3.63, 3.8) is 0 Å². The molecule has 1 aliphatic heterocycles. The van der Waals surface area contributed by atoms with Crippen molar-refractivity contribution in [2.24, 2.45) is 0 Å². The van der Waals surface area contributed by atoms with E-state index in [2.05, 4.69) is 15.5 Å². The van der Waals surface area contributed by atoms with Gasteiger partial charge in [-0.15, -0.1) is 5.10 Å².